The number of likely N-dealkylation sites (N-methyl/N-ethyl adjacent to an activating group) is 1. The Hall–Kier alpha value is -2.77. The Kier molecular flexibility index (Phi) is 6.16. The van der Waals surface area contributed by atoms with Crippen molar-refractivity contribution in [3.05, 3.63) is 59.7 Å². The Morgan fingerprint density at radius 2 is 1.96 bits per heavy atom. The number of fused-ring (bicyclic) bond motifs is 1. The average molecular weight is 384 g/mol. The molecule has 0 saturated heterocycles. The summed E-state index contributed by atoms with van der Waals surface area (Å²) in [5.74, 6) is -0.848. The molecule has 0 atom stereocenters. The molecule has 0 spiro atoms. The second-order valence-corrected chi connectivity index (χ2v) is 6.82. The van der Waals surface area contributed by atoms with Gasteiger partial charge in [-0.1, -0.05) is 35.6 Å². The van der Waals surface area contributed by atoms with E-state index in [1.807, 2.05) is 37.3 Å². The molecule has 3 aromatic rings. The number of nitrogens with zero attached hydrogens (tertiary/aromatic N) is 2. The summed E-state index contributed by atoms with van der Waals surface area (Å²) in [7, 11) is 1.59. The van der Waals surface area contributed by atoms with Gasteiger partial charge < -0.3 is 9.47 Å². The van der Waals surface area contributed by atoms with Gasteiger partial charge in [-0.2, -0.15) is 0 Å². The summed E-state index contributed by atoms with van der Waals surface area (Å²) < 4.78 is 11.3. The first-order valence-corrected chi connectivity index (χ1v) is 9.35. The van der Waals surface area contributed by atoms with Gasteiger partial charge in [-0.25, -0.2) is 9.78 Å². The molecule has 0 aliphatic carbocycles. The van der Waals surface area contributed by atoms with Crippen molar-refractivity contribution >= 4 is 38.6 Å². The molecule has 7 heteroatoms. The van der Waals surface area contributed by atoms with Gasteiger partial charge in [-0.15, -0.1) is 0 Å². The van der Waals surface area contributed by atoms with Crippen molar-refractivity contribution < 1.29 is 19.1 Å². The van der Waals surface area contributed by atoms with Gasteiger partial charge >= 0.3 is 5.97 Å². The molecule has 6 nitrogen and oxygen atoms in total. The molecule has 1 aromatic heterocycles. The van der Waals surface area contributed by atoms with E-state index >= 15 is 0 Å². The van der Waals surface area contributed by atoms with Gasteiger partial charge in [0.05, 0.1) is 22.4 Å². The molecule has 0 aliphatic heterocycles. The molecule has 0 unspecified atom stereocenters. The molecule has 3 rings (SSSR count). The first-order valence-electron chi connectivity index (χ1n) is 8.53. The molecule has 2 aromatic carbocycles. The number of para-hydroxylation sites is 1. The van der Waals surface area contributed by atoms with E-state index < -0.39 is 5.97 Å². The number of thiazole rings is 1. The van der Waals surface area contributed by atoms with E-state index in [1.165, 1.54) is 16.2 Å². The number of amides is 1. The van der Waals surface area contributed by atoms with Gasteiger partial charge in [0.2, 0.25) is 0 Å². The quantitative estimate of drug-likeness (QED) is 0.582. The van der Waals surface area contributed by atoms with Gasteiger partial charge in [0.1, 0.15) is 0 Å². The highest BCUT2D eigenvalue weighted by Crippen LogP contribution is 2.28. The third-order valence-electron chi connectivity index (χ3n) is 3.93. The van der Waals surface area contributed by atoms with Gasteiger partial charge in [0.15, 0.2) is 11.7 Å². The lowest BCUT2D eigenvalue weighted by molar-refractivity contribution is -0.121. The summed E-state index contributed by atoms with van der Waals surface area (Å²) >= 11 is 1.44. The third kappa shape index (κ3) is 4.50. The monoisotopic (exact) mass is 384 g/mol. The van der Waals surface area contributed by atoms with Crippen molar-refractivity contribution in [1.29, 1.82) is 0 Å². The van der Waals surface area contributed by atoms with Crippen LogP contribution in [0.25, 0.3) is 10.2 Å². The van der Waals surface area contributed by atoms with Crippen LogP contribution in [-0.4, -0.2) is 37.1 Å². The lowest BCUT2D eigenvalue weighted by Gasteiger charge is -2.17. The van der Waals surface area contributed by atoms with E-state index in [-0.39, 0.29) is 12.5 Å². The van der Waals surface area contributed by atoms with Crippen LogP contribution in [0.2, 0.25) is 0 Å². The second-order valence-electron chi connectivity index (χ2n) is 5.81. The zero-order valence-electron chi connectivity index (χ0n) is 15.2. The zero-order valence-corrected chi connectivity index (χ0v) is 16.0. The number of hydrogen-bond acceptors (Lipinski definition) is 6. The number of carbonyl (C=O) groups is 2. The van der Waals surface area contributed by atoms with Crippen LogP contribution in [0, 0.1) is 0 Å². The van der Waals surface area contributed by atoms with Gasteiger partial charge in [-0.3, -0.25) is 9.69 Å². The highest BCUT2D eigenvalue weighted by molar-refractivity contribution is 7.22. The standard InChI is InChI=1S/C20H20N2O4S/c1-3-22(20-21-16-9-4-5-10-17(16)27-20)18(23)13-26-19(24)15-8-6-7-14(11-15)12-25-2/h4-11H,3,12-13H2,1-2H3. The number of methoxy groups -OCH3 is 1. The molecule has 0 N–H and O–H groups in total. The Bertz CT molecular complexity index is 921. The maximum atomic E-state index is 12.6. The Balaban J connectivity index is 1.66. The molecule has 140 valence electrons. The van der Waals surface area contributed by atoms with E-state index in [0.717, 1.165) is 15.8 Å². The van der Waals surface area contributed by atoms with E-state index in [2.05, 4.69) is 4.98 Å². The highest BCUT2D eigenvalue weighted by atomic mass is 32.1. The maximum absolute atomic E-state index is 12.6. The van der Waals surface area contributed by atoms with Crippen molar-refractivity contribution in [1.82, 2.24) is 4.98 Å². The minimum Gasteiger partial charge on any atom is -0.452 e. The van der Waals surface area contributed by atoms with Crippen molar-refractivity contribution in [2.75, 3.05) is 25.2 Å². The fourth-order valence-electron chi connectivity index (χ4n) is 2.64. The summed E-state index contributed by atoms with van der Waals surface area (Å²) in [5.41, 5.74) is 2.10. The van der Waals surface area contributed by atoms with E-state index in [4.69, 9.17) is 9.47 Å². The topological polar surface area (TPSA) is 68.7 Å². The average Bonchev–Trinajstić information content (AvgIpc) is 3.10. The molecule has 0 bridgehead atoms. The maximum Gasteiger partial charge on any atom is 0.338 e. The molecule has 1 amide bonds. The molecule has 0 fully saturated rings. The number of ether oxygens (including phenoxy) is 2. The predicted octanol–water partition coefficient (Wildman–Crippen LogP) is 3.65. The third-order valence-corrected chi connectivity index (χ3v) is 4.99. The van der Waals surface area contributed by atoms with Crippen LogP contribution in [0.1, 0.15) is 22.8 Å². The number of carbonyl (C=O) groups excluding carboxylic acids is 2. The smallest absolute Gasteiger partial charge is 0.338 e. The van der Waals surface area contributed by atoms with Crippen LogP contribution in [-0.2, 0) is 20.9 Å². The van der Waals surface area contributed by atoms with Crippen molar-refractivity contribution in [3.8, 4) is 0 Å². The molecule has 27 heavy (non-hydrogen) atoms. The summed E-state index contributed by atoms with van der Waals surface area (Å²) in [4.78, 5) is 30.8. The summed E-state index contributed by atoms with van der Waals surface area (Å²) in [6, 6.07) is 14.7. The number of anilines is 1. The number of esters is 1. The molecule has 0 radical (unpaired) electrons. The van der Waals surface area contributed by atoms with Crippen LogP contribution < -0.4 is 4.90 Å². The van der Waals surface area contributed by atoms with Crippen LogP contribution in [0.4, 0.5) is 5.13 Å². The number of benzene rings is 2. The number of rotatable bonds is 7. The second kappa shape index (κ2) is 8.75. The van der Waals surface area contributed by atoms with Crippen molar-refractivity contribution in [3.63, 3.8) is 0 Å². The van der Waals surface area contributed by atoms with E-state index in [9.17, 15) is 9.59 Å². The Morgan fingerprint density at radius 3 is 2.70 bits per heavy atom. The minimum atomic E-state index is -0.540. The van der Waals surface area contributed by atoms with Crippen LogP contribution in [0.15, 0.2) is 48.5 Å². The van der Waals surface area contributed by atoms with Crippen LogP contribution >= 0.6 is 11.3 Å². The fourth-order valence-corrected chi connectivity index (χ4v) is 3.68. The van der Waals surface area contributed by atoms with Gasteiger partial charge in [-0.05, 0) is 36.8 Å². The van der Waals surface area contributed by atoms with Crippen LogP contribution in [0.5, 0.6) is 0 Å². The normalized spacial score (nSPS) is 10.7. The highest BCUT2D eigenvalue weighted by Gasteiger charge is 2.20. The number of aromatic nitrogens is 1. The molecular weight excluding hydrogens is 364 g/mol. The van der Waals surface area contributed by atoms with Crippen LogP contribution in [0.3, 0.4) is 0 Å². The summed E-state index contributed by atoms with van der Waals surface area (Å²) in [6.45, 7) is 2.37. The predicted molar refractivity (Wildman–Crippen MR) is 105 cm³/mol. The van der Waals surface area contributed by atoms with E-state index in [0.29, 0.717) is 23.8 Å². The number of hydrogen-bond donors (Lipinski definition) is 0. The SMILES string of the molecule is CCN(C(=O)COC(=O)c1cccc(COC)c1)c1nc2ccccc2s1. The van der Waals surface area contributed by atoms with E-state index in [1.54, 1.807) is 25.3 Å². The zero-order chi connectivity index (χ0) is 19.2. The Labute approximate surface area is 161 Å². The molecular formula is C20H20N2O4S. The summed E-state index contributed by atoms with van der Waals surface area (Å²) in [5, 5.41) is 0.599. The lowest BCUT2D eigenvalue weighted by atomic mass is 10.1. The summed E-state index contributed by atoms with van der Waals surface area (Å²) in [6.07, 6.45) is 0. The van der Waals surface area contributed by atoms with Gasteiger partial charge in [0.25, 0.3) is 5.91 Å². The van der Waals surface area contributed by atoms with Crippen molar-refractivity contribution in [2.24, 2.45) is 0 Å². The van der Waals surface area contributed by atoms with Crippen molar-refractivity contribution in [2.45, 2.75) is 13.5 Å². The molecule has 0 saturated carbocycles. The lowest BCUT2D eigenvalue weighted by Crippen LogP contribution is -2.34. The fraction of sp³-hybridized carbons (Fsp3) is 0.250. The molecule has 0 aliphatic rings. The first-order chi connectivity index (χ1) is 13.1. The largest absolute Gasteiger partial charge is 0.452 e. The molecule has 1 heterocycles. The first kappa shape index (κ1) is 19.0. The minimum absolute atomic E-state index is 0.307. The Morgan fingerprint density at radius 1 is 1.15 bits per heavy atom. The van der Waals surface area contributed by atoms with Gasteiger partial charge in [0, 0.05) is 13.7 Å².